The first-order chi connectivity index (χ1) is 20.4. The summed E-state index contributed by atoms with van der Waals surface area (Å²) in [6.07, 6.45) is -0.422. The average Bonchev–Trinajstić information content (AvgIpc) is 2.98. The molecule has 1 atom stereocenters. The number of para-hydroxylation sites is 1. The highest BCUT2D eigenvalue weighted by atomic mass is 35.5. The van der Waals surface area contributed by atoms with Crippen molar-refractivity contribution in [2.75, 3.05) is 13.1 Å². The summed E-state index contributed by atoms with van der Waals surface area (Å²) in [6.45, 7) is 2.18. The van der Waals surface area contributed by atoms with Gasteiger partial charge in [-0.05, 0) is 72.5 Å². The fourth-order valence-corrected chi connectivity index (χ4v) is 4.77. The van der Waals surface area contributed by atoms with Crippen LogP contribution in [0.15, 0.2) is 103 Å². The smallest absolute Gasteiger partial charge is 0.303 e. The molecule has 0 spiro atoms. The molecule has 0 bridgehead atoms. The second kappa shape index (κ2) is 16.1. The molecule has 7 nitrogen and oxygen atoms in total. The molecule has 4 rings (SSSR count). The third-order valence-electron chi connectivity index (χ3n) is 6.80. The number of ether oxygens (including phenoxy) is 2. The van der Waals surface area contributed by atoms with E-state index >= 15 is 0 Å². The topological polar surface area (TPSA) is 99.5 Å². The summed E-state index contributed by atoms with van der Waals surface area (Å²) in [5.41, 5.74) is 3.36. The quantitative estimate of drug-likeness (QED) is 0.0944. The van der Waals surface area contributed by atoms with E-state index in [0.29, 0.717) is 49.7 Å². The molecule has 8 heteroatoms. The summed E-state index contributed by atoms with van der Waals surface area (Å²) in [6, 6.07) is 32.2. The van der Waals surface area contributed by atoms with Gasteiger partial charge in [0, 0.05) is 30.1 Å². The molecule has 0 heterocycles. The summed E-state index contributed by atoms with van der Waals surface area (Å²) in [4.78, 5) is 13.3. The van der Waals surface area contributed by atoms with Crippen molar-refractivity contribution in [3.63, 3.8) is 0 Å². The molecule has 0 unspecified atom stereocenters. The van der Waals surface area contributed by atoms with Gasteiger partial charge in [-0.3, -0.25) is 9.69 Å². The van der Waals surface area contributed by atoms with E-state index in [0.717, 1.165) is 28.2 Å². The van der Waals surface area contributed by atoms with E-state index < -0.39 is 12.3 Å². The molecule has 42 heavy (non-hydrogen) atoms. The van der Waals surface area contributed by atoms with Crippen LogP contribution in [-0.2, 0) is 22.7 Å². The van der Waals surface area contributed by atoms with Crippen LogP contribution in [0.3, 0.4) is 0 Å². The van der Waals surface area contributed by atoms with E-state index in [2.05, 4.69) is 4.90 Å². The van der Waals surface area contributed by atoms with Crippen LogP contribution in [-0.4, -0.2) is 39.3 Å². The summed E-state index contributed by atoms with van der Waals surface area (Å²) >= 11 is 6.35. The van der Waals surface area contributed by atoms with Gasteiger partial charge in [0.1, 0.15) is 11.5 Å². The Labute approximate surface area is 251 Å². The Morgan fingerprint density at radius 1 is 0.786 bits per heavy atom. The number of aliphatic hydroxyl groups excluding tert-OH is 1. The van der Waals surface area contributed by atoms with Gasteiger partial charge in [-0.15, -0.1) is 0 Å². The minimum atomic E-state index is -1.52. The monoisotopic (exact) mass is 589 g/mol. The zero-order valence-electron chi connectivity index (χ0n) is 23.3. The fraction of sp³-hybridized carbons (Fsp3) is 0.265. The van der Waals surface area contributed by atoms with Crippen LogP contribution >= 0.6 is 11.6 Å². The van der Waals surface area contributed by atoms with Crippen LogP contribution in [0.25, 0.3) is 0 Å². The van der Waals surface area contributed by atoms with Gasteiger partial charge in [0.15, 0.2) is 6.29 Å². The normalized spacial score (nSPS) is 12.0. The fourth-order valence-electron chi connectivity index (χ4n) is 4.57. The second-order valence-corrected chi connectivity index (χ2v) is 10.6. The third-order valence-corrected chi connectivity index (χ3v) is 7.03. The van der Waals surface area contributed by atoms with Crippen LogP contribution in [0.5, 0.6) is 11.5 Å². The second-order valence-electron chi connectivity index (χ2n) is 10.1. The summed E-state index contributed by atoms with van der Waals surface area (Å²) in [7, 11) is 0. The molecule has 0 saturated heterocycles. The lowest BCUT2D eigenvalue weighted by Crippen LogP contribution is -2.30. The minimum Gasteiger partial charge on any atom is -0.481 e. The maximum absolute atomic E-state index is 11.1. The number of aliphatic hydroxyl groups is 2. The maximum atomic E-state index is 11.1. The predicted octanol–water partition coefficient (Wildman–Crippen LogP) is 7.13. The number of carboxylic acid groups (broad SMARTS) is 1. The largest absolute Gasteiger partial charge is 0.481 e. The average molecular weight is 590 g/mol. The number of rotatable bonds is 16. The Morgan fingerprint density at radius 3 is 2.14 bits per heavy atom. The zero-order valence-corrected chi connectivity index (χ0v) is 24.1. The van der Waals surface area contributed by atoms with E-state index in [1.54, 1.807) is 12.1 Å². The number of aliphatic carboxylic acids is 1. The van der Waals surface area contributed by atoms with Crippen LogP contribution < -0.4 is 4.74 Å². The molecule has 0 radical (unpaired) electrons. The summed E-state index contributed by atoms with van der Waals surface area (Å²) < 4.78 is 12.4. The van der Waals surface area contributed by atoms with Crippen LogP contribution in [0, 0.1) is 0 Å². The Bertz CT molecular complexity index is 1380. The standard InChI is InChI=1S/C34H36ClNO6/c35-29-8-6-7-28(21-29)32(41-24-26-14-18-31(19-15-26)42-30-9-2-1-3-10-30)23-36(20-5-4-11-33(37)38)22-25-12-16-27(17-13-25)34(39)40/h1-3,6-10,12-19,21,32,34,39-40H,4-5,11,20,22-24H2,(H,37,38)/t32-/m0/s1. The number of carboxylic acids is 1. The van der Waals surface area contributed by atoms with Gasteiger partial charge in [-0.1, -0.05) is 78.3 Å². The lowest BCUT2D eigenvalue weighted by atomic mass is 10.1. The maximum Gasteiger partial charge on any atom is 0.303 e. The number of nitrogens with zero attached hydrogens (tertiary/aromatic N) is 1. The molecule has 4 aromatic carbocycles. The van der Waals surface area contributed by atoms with Crippen molar-refractivity contribution in [3.05, 3.63) is 130 Å². The first-order valence-corrected chi connectivity index (χ1v) is 14.3. The van der Waals surface area contributed by atoms with Gasteiger partial charge in [0.05, 0.1) is 12.7 Å². The first-order valence-electron chi connectivity index (χ1n) is 13.9. The van der Waals surface area contributed by atoms with E-state index in [4.69, 9.17) is 26.2 Å². The Balaban J connectivity index is 1.47. The van der Waals surface area contributed by atoms with Gasteiger partial charge in [0.2, 0.25) is 0 Å². The van der Waals surface area contributed by atoms with Gasteiger partial charge in [-0.2, -0.15) is 0 Å². The Kier molecular flexibility index (Phi) is 11.9. The molecule has 0 aliphatic carbocycles. The highest BCUT2D eigenvalue weighted by Gasteiger charge is 2.19. The number of carbonyl (C=O) groups is 1. The number of unbranched alkanes of at least 4 members (excludes halogenated alkanes) is 1. The van der Waals surface area contributed by atoms with Gasteiger partial charge >= 0.3 is 5.97 Å². The molecule has 0 aliphatic heterocycles. The number of halogens is 1. The lowest BCUT2D eigenvalue weighted by Gasteiger charge is -2.28. The van der Waals surface area contributed by atoms with Gasteiger partial charge in [0.25, 0.3) is 0 Å². The molecular weight excluding hydrogens is 554 g/mol. The van der Waals surface area contributed by atoms with Gasteiger partial charge < -0.3 is 24.8 Å². The minimum absolute atomic E-state index is 0.120. The highest BCUT2D eigenvalue weighted by molar-refractivity contribution is 6.30. The molecule has 0 fully saturated rings. The van der Waals surface area contributed by atoms with E-state index in [9.17, 15) is 15.0 Å². The molecular formula is C34H36ClNO6. The number of hydrogen-bond acceptors (Lipinski definition) is 6. The molecule has 3 N–H and O–H groups in total. The third kappa shape index (κ3) is 10.3. The van der Waals surface area contributed by atoms with Crippen LogP contribution in [0.1, 0.15) is 53.9 Å². The summed E-state index contributed by atoms with van der Waals surface area (Å²) in [5, 5.41) is 28.6. The molecule has 0 aliphatic rings. The molecule has 0 amide bonds. The highest BCUT2D eigenvalue weighted by Crippen LogP contribution is 2.26. The lowest BCUT2D eigenvalue weighted by molar-refractivity contribution is -0.137. The zero-order chi connectivity index (χ0) is 29.7. The van der Waals surface area contributed by atoms with Gasteiger partial charge in [-0.25, -0.2) is 0 Å². The van der Waals surface area contributed by atoms with Crippen molar-refractivity contribution in [2.24, 2.45) is 0 Å². The van der Waals surface area contributed by atoms with Crippen molar-refractivity contribution >= 4 is 17.6 Å². The van der Waals surface area contributed by atoms with E-state index in [1.807, 2.05) is 91.0 Å². The van der Waals surface area contributed by atoms with E-state index in [-0.39, 0.29) is 12.5 Å². The number of hydrogen-bond donors (Lipinski definition) is 3. The molecule has 220 valence electrons. The first kappa shape index (κ1) is 31.2. The molecule has 0 aromatic heterocycles. The van der Waals surface area contributed by atoms with Crippen LogP contribution in [0.2, 0.25) is 5.02 Å². The summed E-state index contributed by atoms with van der Waals surface area (Å²) in [5.74, 6) is 0.705. The Morgan fingerprint density at radius 2 is 1.48 bits per heavy atom. The van der Waals surface area contributed by atoms with Crippen molar-refractivity contribution in [1.29, 1.82) is 0 Å². The van der Waals surface area contributed by atoms with Crippen molar-refractivity contribution in [1.82, 2.24) is 4.90 Å². The van der Waals surface area contributed by atoms with Crippen molar-refractivity contribution in [3.8, 4) is 11.5 Å². The van der Waals surface area contributed by atoms with Crippen molar-refractivity contribution < 1.29 is 29.6 Å². The number of benzene rings is 4. The SMILES string of the molecule is O=C(O)CCCCN(Cc1ccc(C(O)O)cc1)C[C@H](OCc1ccc(Oc2ccccc2)cc1)c1cccc(Cl)c1. The van der Waals surface area contributed by atoms with Crippen LogP contribution in [0.4, 0.5) is 0 Å². The Hall–Kier alpha value is -3.72. The predicted molar refractivity (Wildman–Crippen MR) is 162 cm³/mol. The molecule has 4 aromatic rings. The van der Waals surface area contributed by atoms with Crippen molar-refractivity contribution in [2.45, 2.75) is 44.8 Å². The molecule has 0 saturated carbocycles. The van der Waals surface area contributed by atoms with E-state index in [1.165, 1.54) is 0 Å².